The first-order valence-electron chi connectivity index (χ1n) is 9.38. The second kappa shape index (κ2) is 8.54. The molecule has 0 N–H and O–H groups in total. The van der Waals surface area contributed by atoms with Gasteiger partial charge in [0.1, 0.15) is 0 Å². The predicted molar refractivity (Wildman–Crippen MR) is 111 cm³/mol. The Labute approximate surface area is 186 Å². The van der Waals surface area contributed by atoms with E-state index in [1.54, 1.807) is 18.2 Å². The molecular weight excluding hydrogens is 468 g/mol. The number of hydrogen-bond acceptors (Lipinski definition) is 4. The largest absolute Gasteiger partial charge is 0.418 e. The summed E-state index contributed by atoms with van der Waals surface area (Å²) in [5.74, 6) is 0.179. The van der Waals surface area contributed by atoms with Crippen LogP contribution in [-0.4, -0.2) is 14.5 Å². The lowest BCUT2D eigenvalue weighted by Crippen LogP contribution is -2.25. The molecule has 0 atom stereocenters. The molecule has 2 aromatic heterocycles. The van der Waals surface area contributed by atoms with Gasteiger partial charge in [0.25, 0.3) is 5.56 Å². The van der Waals surface area contributed by atoms with Crippen LogP contribution in [-0.2, 0) is 18.1 Å². The second-order valence-corrected chi connectivity index (χ2v) is 7.87. The Morgan fingerprint density at radius 1 is 0.909 bits per heavy atom. The molecule has 4 rings (SSSR count). The van der Waals surface area contributed by atoms with E-state index in [2.05, 4.69) is 9.97 Å². The topological polar surface area (TPSA) is 47.8 Å². The number of para-hydroxylation sites is 1. The maximum atomic E-state index is 13.8. The zero-order valence-corrected chi connectivity index (χ0v) is 17.3. The molecule has 0 fully saturated rings. The van der Waals surface area contributed by atoms with E-state index in [-0.39, 0.29) is 21.8 Å². The highest BCUT2D eigenvalue weighted by Gasteiger charge is 2.38. The number of fused-ring (bicyclic) bond motifs is 1. The van der Waals surface area contributed by atoms with Crippen LogP contribution in [0.4, 0.5) is 26.3 Å². The van der Waals surface area contributed by atoms with Gasteiger partial charge in [0.2, 0.25) is 0 Å². The number of thioether (sulfide) groups is 1. The Kier molecular flexibility index (Phi) is 5.91. The number of pyridine rings is 1. The Morgan fingerprint density at radius 2 is 1.67 bits per heavy atom. The summed E-state index contributed by atoms with van der Waals surface area (Å²) in [7, 11) is 0. The van der Waals surface area contributed by atoms with Crippen molar-refractivity contribution in [2.45, 2.75) is 23.3 Å². The van der Waals surface area contributed by atoms with Crippen LogP contribution in [0.15, 0.2) is 76.9 Å². The zero-order chi connectivity index (χ0) is 23.8. The zero-order valence-electron chi connectivity index (χ0n) is 16.5. The van der Waals surface area contributed by atoms with Gasteiger partial charge in [-0.1, -0.05) is 30.0 Å². The van der Waals surface area contributed by atoms with Gasteiger partial charge in [0, 0.05) is 18.1 Å². The van der Waals surface area contributed by atoms with Gasteiger partial charge in [-0.15, -0.1) is 0 Å². The quantitative estimate of drug-likeness (QED) is 0.201. The number of halogens is 6. The minimum Gasteiger partial charge on any atom is -0.268 e. The van der Waals surface area contributed by atoms with Crippen LogP contribution in [0.1, 0.15) is 16.7 Å². The fourth-order valence-corrected chi connectivity index (χ4v) is 4.13. The number of rotatable bonds is 4. The molecule has 0 saturated heterocycles. The first kappa shape index (κ1) is 22.8. The predicted octanol–water partition coefficient (Wildman–Crippen LogP) is 6.11. The number of aromatic nitrogens is 3. The van der Waals surface area contributed by atoms with E-state index < -0.39 is 34.7 Å². The number of hydrogen-bond donors (Lipinski definition) is 0. The van der Waals surface area contributed by atoms with Crippen molar-refractivity contribution in [2.24, 2.45) is 0 Å². The van der Waals surface area contributed by atoms with Gasteiger partial charge in [0.05, 0.1) is 27.7 Å². The van der Waals surface area contributed by atoms with Crippen LogP contribution < -0.4 is 5.56 Å². The van der Waals surface area contributed by atoms with Crippen LogP contribution >= 0.6 is 11.8 Å². The van der Waals surface area contributed by atoms with Crippen molar-refractivity contribution in [1.82, 2.24) is 14.5 Å². The molecule has 170 valence electrons. The molecule has 4 nitrogen and oxygen atoms in total. The van der Waals surface area contributed by atoms with Gasteiger partial charge in [-0.05, 0) is 42.0 Å². The lowest BCUT2D eigenvalue weighted by Gasteiger charge is -2.19. The van der Waals surface area contributed by atoms with E-state index >= 15 is 0 Å². The standard InChI is InChI=1S/C22H13F6N3OS/c23-21(24,25)14-7-8-16(22(26,27)28)18(10-14)31-19(32)15-5-1-2-6-17(15)30-20(31)33-12-13-4-3-9-29-11-13/h1-11H,12H2. The van der Waals surface area contributed by atoms with Crippen molar-refractivity contribution >= 4 is 22.7 Å². The third-order valence-corrected chi connectivity index (χ3v) is 5.72. The minimum absolute atomic E-state index is 0.0197. The highest BCUT2D eigenvalue weighted by atomic mass is 32.2. The van der Waals surface area contributed by atoms with Crippen LogP contribution in [0.3, 0.4) is 0 Å². The molecule has 4 aromatic rings. The molecule has 0 amide bonds. The summed E-state index contributed by atoms with van der Waals surface area (Å²) in [5.41, 5.74) is -3.62. The highest BCUT2D eigenvalue weighted by Crippen LogP contribution is 2.39. The van der Waals surface area contributed by atoms with E-state index in [0.717, 1.165) is 11.8 Å². The second-order valence-electron chi connectivity index (χ2n) is 6.93. The Morgan fingerprint density at radius 3 is 2.33 bits per heavy atom. The Balaban J connectivity index is 1.99. The van der Waals surface area contributed by atoms with E-state index in [4.69, 9.17) is 0 Å². The van der Waals surface area contributed by atoms with E-state index in [0.29, 0.717) is 28.3 Å². The van der Waals surface area contributed by atoms with Gasteiger partial charge < -0.3 is 0 Å². The molecule has 0 saturated carbocycles. The average Bonchev–Trinajstić information content (AvgIpc) is 2.77. The Bertz CT molecular complexity index is 1370. The maximum Gasteiger partial charge on any atom is 0.418 e. The third kappa shape index (κ3) is 4.72. The monoisotopic (exact) mass is 481 g/mol. The number of alkyl halides is 6. The summed E-state index contributed by atoms with van der Waals surface area (Å²) in [4.78, 5) is 21.5. The normalized spacial score (nSPS) is 12.3. The summed E-state index contributed by atoms with van der Waals surface area (Å²) in [6, 6.07) is 10.3. The molecule has 0 aliphatic rings. The Hall–Kier alpha value is -3.34. The van der Waals surface area contributed by atoms with E-state index in [9.17, 15) is 31.1 Å². The lowest BCUT2D eigenvalue weighted by atomic mass is 10.1. The van der Waals surface area contributed by atoms with Gasteiger partial charge in [-0.2, -0.15) is 26.3 Å². The fourth-order valence-electron chi connectivity index (χ4n) is 3.19. The molecule has 33 heavy (non-hydrogen) atoms. The van der Waals surface area contributed by atoms with Crippen LogP contribution in [0, 0.1) is 0 Å². The molecule has 11 heteroatoms. The molecule has 0 aliphatic heterocycles. The summed E-state index contributed by atoms with van der Waals surface area (Å²) >= 11 is 0.920. The van der Waals surface area contributed by atoms with Crippen LogP contribution in [0.25, 0.3) is 16.6 Å². The molecule has 0 unspecified atom stereocenters. The molecule has 0 spiro atoms. The lowest BCUT2D eigenvalue weighted by molar-refractivity contribution is -0.141. The van der Waals surface area contributed by atoms with Crippen molar-refractivity contribution in [3.63, 3.8) is 0 Å². The van der Waals surface area contributed by atoms with E-state index in [1.807, 2.05) is 0 Å². The maximum absolute atomic E-state index is 13.8. The van der Waals surface area contributed by atoms with Crippen molar-refractivity contribution in [1.29, 1.82) is 0 Å². The summed E-state index contributed by atoms with van der Waals surface area (Å²) in [6.45, 7) is 0. The van der Waals surface area contributed by atoms with Gasteiger partial charge in [-0.3, -0.25) is 14.3 Å². The summed E-state index contributed by atoms with van der Waals surface area (Å²) in [6.07, 6.45) is -6.84. The van der Waals surface area contributed by atoms with Crippen molar-refractivity contribution in [3.8, 4) is 5.69 Å². The summed E-state index contributed by atoms with van der Waals surface area (Å²) in [5, 5.41) is -0.193. The fraction of sp³-hybridized carbons (Fsp3) is 0.136. The number of nitrogens with zero attached hydrogens (tertiary/aromatic N) is 3. The van der Waals surface area contributed by atoms with Gasteiger partial charge in [-0.25, -0.2) is 4.98 Å². The molecule has 0 bridgehead atoms. The molecule has 0 aliphatic carbocycles. The van der Waals surface area contributed by atoms with Gasteiger partial charge >= 0.3 is 12.4 Å². The molecule has 2 aromatic carbocycles. The van der Waals surface area contributed by atoms with Gasteiger partial charge in [0.15, 0.2) is 5.16 Å². The minimum atomic E-state index is -5.00. The smallest absolute Gasteiger partial charge is 0.268 e. The number of benzene rings is 2. The third-order valence-electron chi connectivity index (χ3n) is 4.71. The van der Waals surface area contributed by atoms with Crippen molar-refractivity contribution in [2.75, 3.05) is 0 Å². The summed E-state index contributed by atoms with van der Waals surface area (Å²) < 4.78 is 81.9. The van der Waals surface area contributed by atoms with Crippen molar-refractivity contribution < 1.29 is 26.3 Å². The van der Waals surface area contributed by atoms with Crippen LogP contribution in [0.5, 0.6) is 0 Å². The molecule has 0 radical (unpaired) electrons. The van der Waals surface area contributed by atoms with Crippen molar-refractivity contribution in [3.05, 3.63) is 94.0 Å². The first-order valence-corrected chi connectivity index (χ1v) is 10.4. The molecule has 2 heterocycles. The van der Waals surface area contributed by atoms with E-state index in [1.165, 1.54) is 30.6 Å². The SMILES string of the molecule is O=c1c2ccccc2nc(SCc2cccnc2)n1-c1cc(C(F)(F)F)ccc1C(F)(F)F. The first-order chi connectivity index (χ1) is 15.6. The highest BCUT2D eigenvalue weighted by molar-refractivity contribution is 7.98. The molecular formula is C22H13F6N3OS. The average molecular weight is 481 g/mol. The van der Waals surface area contributed by atoms with Crippen LogP contribution in [0.2, 0.25) is 0 Å².